The molecule has 0 radical (unpaired) electrons. The molecule has 0 spiro atoms. The first-order chi connectivity index (χ1) is 19.2. The molecule has 3 saturated heterocycles. The fourth-order valence-corrected chi connectivity index (χ4v) is 6.20. The van der Waals surface area contributed by atoms with Gasteiger partial charge < -0.3 is 58.1 Å². The Morgan fingerprint density at radius 3 is 2.20 bits per heavy atom. The predicted molar refractivity (Wildman–Crippen MR) is 142 cm³/mol. The Bertz CT molecular complexity index is 762. The van der Waals surface area contributed by atoms with Crippen molar-refractivity contribution in [2.75, 3.05) is 53.4 Å². The molecule has 0 aliphatic carbocycles. The van der Waals surface area contributed by atoms with E-state index in [1.165, 1.54) is 14.0 Å². The lowest BCUT2D eigenvalue weighted by Crippen LogP contribution is -2.57. The van der Waals surface area contributed by atoms with E-state index in [1.807, 2.05) is 6.92 Å². The average molecular weight is 599 g/mol. The number of ketones is 1. The van der Waals surface area contributed by atoms with E-state index in [1.54, 1.807) is 0 Å². The molecule has 5 N–H and O–H groups in total. The third-order valence-electron chi connectivity index (χ3n) is 8.21. The van der Waals surface area contributed by atoms with Crippen LogP contribution in [0.5, 0.6) is 0 Å². The summed E-state index contributed by atoms with van der Waals surface area (Å²) in [6.45, 7) is 3.30. The zero-order chi connectivity index (χ0) is 29.4. The van der Waals surface area contributed by atoms with Crippen molar-refractivity contribution >= 4 is 18.7 Å². The van der Waals surface area contributed by atoms with Crippen molar-refractivity contribution < 1.29 is 62.9 Å². The van der Waals surface area contributed by atoms with Crippen LogP contribution >= 0.6 is 12.9 Å². The van der Waals surface area contributed by atoms with Gasteiger partial charge in [0.2, 0.25) is 0 Å². The minimum Gasteiger partial charge on any atom is -0.394 e. The van der Waals surface area contributed by atoms with Crippen molar-refractivity contribution in [1.82, 2.24) is 0 Å². The van der Waals surface area contributed by atoms with Crippen LogP contribution in [0.4, 0.5) is 0 Å². The molecule has 13 atom stereocenters. The summed E-state index contributed by atoms with van der Waals surface area (Å²) in [7, 11) is 1.52. The third kappa shape index (κ3) is 8.34. The van der Waals surface area contributed by atoms with Gasteiger partial charge in [-0.2, -0.15) is 0 Å². The Balaban J connectivity index is 1.63. The molecule has 40 heavy (non-hydrogen) atoms. The topological polar surface area (TPSA) is 183 Å². The molecule has 0 aromatic carbocycles. The summed E-state index contributed by atoms with van der Waals surface area (Å²) in [6.07, 6.45) is -7.31. The molecule has 0 aromatic rings. The van der Waals surface area contributed by atoms with Crippen molar-refractivity contribution in [3.63, 3.8) is 0 Å². The quantitative estimate of drug-likeness (QED) is 0.100. The summed E-state index contributed by atoms with van der Waals surface area (Å²) in [5.74, 6) is -1.35. The Hall–Kier alpha value is -0.460. The molecular weight excluding hydrogens is 552 g/mol. The molecule has 0 saturated carbocycles. The molecule has 3 heterocycles. The van der Waals surface area contributed by atoms with Gasteiger partial charge >= 0.3 is 0 Å². The minimum atomic E-state index is -1.18. The van der Waals surface area contributed by atoms with Gasteiger partial charge in [0.05, 0.1) is 70.7 Å². The highest BCUT2D eigenvalue weighted by atomic mass is 32.1. The Kier molecular flexibility index (Phi) is 14.0. The molecule has 3 rings (SSSR count). The van der Waals surface area contributed by atoms with E-state index in [2.05, 4.69) is 12.9 Å². The van der Waals surface area contributed by atoms with Crippen LogP contribution in [-0.4, -0.2) is 146 Å². The van der Waals surface area contributed by atoms with Crippen LogP contribution in [0.1, 0.15) is 26.7 Å². The van der Waals surface area contributed by atoms with Crippen molar-refractivity contribution in [2.45, 2.75) is 87.7 Å². The molecule has 14 heteroatoms. The molecular formula is C26H46O13S. The second-order valence-corrected chi connectivity index (χ2v) is 11.1. The van der Waals surface area contributed by atoms with E-state index in [0.717, 1.165) is 0 Å². The largest absolute Gasteiger partial charge is 0.394 e. The van der Waals surface area contributed by atoms with Crippen LogP contribution in [-0.2, 0) is 37.4 Å². The summed E-state index contributed by atoms with van der Waals surface area (Å²) >= 11 is 3.72. The highest BCUT2D eigenvalue weighted by Crippen LogP contribution is 2.34. The highest BCUT2D eigenvalue weighted by Gasteiger charge is 2.46. The Labute approximate surface area is 240 Å². The van der Waals surface area contributed by atoms with Crippen LogP contribution in [0, 0.1) is 17.8 Å². The van der Waals surface area contributed by atoms with E-state index in [4.69, 9.17) is 32.6 Å². The second-order valence-electron chi connectivity index (χ2n) is 10.9. The molecule has 3 fully saturated rings. The summed E-state index contributed by atoms with van der Waals surface area (Å²) in [4.78, 5) is 12.1. The van der Waals surface area contributed by atoms with Crippen molar-refractivity contribution in [3.8, 4) is 0 Å². The number of carbonyl (C=O) groups excluding carboxylic acids is 1. The maximum absolute atomic E-state index is 12.1. The van der Waals surface area contributed by atoms with E-state index < -0.39 is 79.5 Å². The summed E-state index contributed by atoms with van der Waals surface area (Å²) in [5.41, 5.74) is 0. The molecule has 0 amide bonds. The van der Waals surface area contributed by atoms with Crippen molar-refractivity contribution in [1.29, 1.82) is 0 Å². The number of carbonyl (C=O) groups is 1. The van der Waals surface area contributed by atoms with Crippen LogP contribution < -0.4 is 0 Å². The summed E-state index contributed by atoms with van der Waals surface area (Å²) in [5, 5.41) is 51.8. The number of ether oxygens (including phenoxy) is 6. The van der Waals surface area contributed by atoms with Gasteiger partial charge in [0, 0.05) is 31.3 Å². The fourth-order valence-electron chi connectivity index (χ4n) is 5.93. The van der Waals surface area contributed by atoms with E-state index in [9.17, 15) is 30.3 Å². The number of methoxy groups -OCH3 is 1. The number of thiol groups is 1. The third-order valence-corrected chi connectivity index (χ3v) is 8.46. The fraction of sp³-hybridized carbons (Fsp3) is 0.962. The average Bonchev–Trinajstić information content (AvgIpc) is 2.92. The first-order valence-corrected chi connectivity index (χ1v) is 14.2. The highest BCUT2D eigenvalue weighted by molar-refractivity contribution is 7.75. The molecule has 4 unspecified atom stereocenters. The summed E-state index contributed by atoms with van der Waals surface area (Å²) in [6, 6.07) is 0. The first-order valence-electron chi connectivity index (χ1n) is 13.9. The van der Waals surface area contributed by atoms with Gasteiger partial charge in [-0.3, -0.25) is 4.79 Å². The molecule has 3 aliphatic rings. The van der Waals surface area contributed by atoms with Gasteiger partial charge in [0.15, 0.2) is 5.78 Å². The van der Waals surface area contributed by atoms with E-state index >= 15 is 0 Å². The Morgan fingerprint density at radius 2 is 1.57 bits per heavy atom. The normalized spacial score (nSPS) is 42.6. The van der Waals surface area contributed by atoms with Gasteiger partial charge in [-0.25, -0.2) is 0 Å². The zero-order valence-electron chi connectivity index (χ0n) is 23.3. The molecule has 0 bridgehead atoms. The minimum absolute atomic E-state index is 0.0278. The molecule has 3 aliphatic heterocycles. The number of rotatable bonds is 14. The SMILES string of the molecule is CC[C@H]1C(C(C)=O)O[C@@H](COCC2[C@H](COC)OC(CO)[C@H](O)[C@@H]2COC[C@@H]2OC[C@H](O)[C@H](OS)C2O)C[C@H]1O. The lowest BCUT2D eigenvalue weighted by atomic mass is 9.80. The van der Waals surface area contributed by atoms with Crippen molar-refractivity contribution in [3.05, 3.63) is 0 Å². The van der Waals surface area contributed by atoms with Crippen LogP contribution in [0.3, 0.4) is 0 Å². The standard InChI is InChI=1S/C26H46O13S/c1-4-15-18(29)5-14(37-25(15)13(2)28)7-34-8-16-17(23(31)20(6-27)38-21(16)11-33-3)9-35-12-22-24(32)26(39-40)19(30)10-36-22/h14-27,29-32,40H,4-12H2,1-3H3/t14-,15-,16?,17-,18-,19+,20?,21+,22+,23-,24?,25?,26+/m1/s1. The Morgan fingerprint density at radius 1 is 0.875 bits per heavy atom. The number of hydrogen-bond acceptors (Lipinski definition) is 14. The van der Waals surface area contributed by atoms with Crippen molar-refractivity contribution in [2.24, 2.45) is 17.8 Å². The summed E-state index contributed by atoms with van der Waals surface area (Å²) < 4.78 is 39.5. The van der Waals surface area contributed by atoms with Crippen LogP contribution in [0.15, 0.2) is 0 Å². The van der Waals surface area contributed by atoms with E-state index in [0.29, 0.717) is 12.8 Å². The molecule has 234 valence electrons. The van der Waals surface area contributed by atoms with E-state index in [-0.39, 0.29) is 51.3 Å². The number of aliphatic hydroxyl groups excluding tert-OH is 5. The van der Waals surface area contributed by atoms with Crippen LogP contribution in [0.25, 0.3) is 0 Å². The number of Topliss-reactive ketones (excluding diaryl/α,β-unsaturated/α-hetero) is 1. The maximum Gasteiger partial charge on any atom is 0.158 e. The zero-order valence-corrected chi connectivity index (χ0v) is 24.2. The smallest absolute Gasteiger partial charge is 0.158 e. The van der Waals surface area contributed by atoms with Gasteiger partial charge in [0.1, 0.15) is 36.6 Å². The van der Waals surface area contributed by atoms with Gasteiger partial charge in [0.25, 0.3) is 0 Å². The van der Waals surface area contributed by atoms with Gasteiger partial charge in [-0.1, -0.05) is 6.92 Å². The van der Waals surface area contributed by atoms with Gasteiger partial charge in [-0.15, -0.1) is 0 Å². The van der Waals surface area contributed by atoms with Gasteiger partial charge in [-0.05, 0) is 26.3 Å². The number of aliphatic hydroxyl groups is 5. The molecule has 13 nitrogen and oxygen atoms in total. The predicted octanol–water partition coefficient (Wildman–Crippen LogP) is -1.50. The molecule has 0 aromatic heterocycles. The van der Waals surface area contributed by atoms with Crippen LogP contribution in [0.2, 0.25) is 0 Å². The second kappa shape index (κ2) is 16.4. The maximum atomic E-state index is 12.1. The monoisotopic (exact) mass is 598 g/mol. The lowest BCUT2D eigenvalue weighted by Gasteiger charge is -2.45. The first kappa shape index (κ1) is 34.0. The lowest BCUT2D eigenvalue weighted by molar-refractivity contribution is -0.226. The number of hydrogen-bond donors (Lipinski definition) is 6.